The van der Waals surface area contributed by atoms with Crippen molar-refractivity contribution < 1.29 is 17.9 Å². The molecule has 1 aromatic heterocycles. The second-order valence-corrected chi connectivity index (χ2v) is 10.4. The van der Waals surface area contributed by atoms with Gasteiger partial charge in [-0.05, 0) is 47.9 Å². The SMILES string of the molecule is CC(C)c1ccc2nc(NC(=O)c3ccc(S(=O)(=O)N4CCOCC4)cc3)sc2c1. The standard InChI is InChI=1S/C21H23N3O4S2/c1-14(2)16-5-8-18-19(13-16)29-21(22-18)23-20(25)15-3-6-17(7-4-15)30(26,27)24-9-11-28-12-10-24/h3-8,13-14H,9-12H2,1-2H3,(H,22,23,25). The van der Waals surface area contributed by atoms with Crippen molar-refractivity contribution >= 4 is 42.6 Å². The van der Waals surface area contributed by atoms with Gasteiger partial charge in [0.05, 0.1) is 28.3 Å². The molecule has 2 heterocycles. The Kier molecular flexibility index (Phi) is 5.88. The molecule has 1 amide bonds. The Balaban J connectivity index is 1.49. The number of benzene rings is 2. The Bertz CT molecular complexity index is 1160. The summed E-state index contributed by atoms with van der Waals surface area (Å²) < 4.78 is 33.0. The van der Waals surface area contributed by atoms with E-state index in [1.54, 1.807) is 0 Å². The highest BCUT2D eigenvalue weighted by atomic mass is 32.2. The van der Waals surface area contributed by atoms with E-state index in [0.717, 1.165) is 10.2 Å². The summed E-state index contributed by atoms with van der Waals surface area (Å²) in [6.45, 7) is 5.71. The molecule has 9 heteroatoms. The molecule has 1 saturated heterocycles. The monoisotopic (exact) mass is 445 g/mol. The number of sulfonamides is 1. The summed E-state index contributed by atoms with van der Waals surface area (Å²) in [5, 5.41) is 3.32. The number of amides is 1. The van der Waals surface area contributed by atoms with Gasteiger partial charge in [0.25, 0.3) is 5.91 Å². The number of carbonyl (C=O) groups is 1. The Hall–Kier alpha value is -2.33. The van der Waals surface area contributed by atoms with Crippen LogP contribution in [0.5, 0.6) is 0 Å². The topological polar surface area (TPSA) is 88.6 Å². The van der Waals surface area contributed by atoms with Gasteiger partial charge in [-0.2, -0.15) is 4.31 Å². The van der Waals surface area contributed by atoms with E-state index in [9.17, 15) is 13.2 Å². The highest BCUT2D eigenvalue weighted by Crippen LogP contribution is 2.29. The van der Waals surface area contributed by atoms with E-state index in [4.69, 9.17) is 4.74 Å². The van der Waals surface area contributed by atoms with Gasteiger partial charge in [0.2, 0.25) is 10.0 Å². The van der Waals surface area contributed by atoms with Crippen LogP contribution >= 0.6 is 11.3 Å². The number of fused-ring (bicyclic) bond motifs is 1. The number of morpholine rings is 1. The third-order valence-electron chi connectivity index (χ3n) is 5.02. The molecule has 158 valence electrons. The minimum Gasteiger partial charge on any atom is -0.379 e. The molecule has 1 N–H and O–H groups in total. The molecule has 7 nitrogen and oxygen atoms in total. The second-order valence-electron chi connectivity index (χ2n) is 7.40. The zero-order chi connectivity index (χ0) is 21.3. The summed E-state index contributed by atoms with van der Waals surface area (Å²) in [7, 11) is -3.58. The Morgan fingerprint density at radius 3 is 2.50 bits per heavy atom. The van der Waals surface area contributed by atoms with Crippen LogP contribution in [0.25, 0.3) is 10.2 Å². The molecule has 1 aliphatic rings. The fourth-order valence-corrected chi connectivity index (χ4v) is 5.55. The number of hydrogen-bond acceptors (Lipinski definition) is 6. The molecule has 1 aliphatic heterocycles. The lowest BCUT2D eigenvalue weighted by Gasteiger charge is -2.26. The largest absolute Gasteiger partial charge is 0.379 e. The number of carbonyl (C=O) groups excluding carboxylic acids is 1. The minimum absolute atomic E-state index is 0.169. The number of nitrogens with zero attached hydrogens (tertiary/aromatic N) is 2. The lowest BCUT2D eigenvalue weighted by Crippen LogP contribution is -2.40. The predicted molar refractivity (Wildman–Crippen MR) is 118 cm³/mol. The van der Waals surface area contributed by atoms with Crippen LogP contribution in [-0.2, 0) is 14.8 Å². The molecular weight excluding hydrogens is 422 g/mol. The van der Waals surface area contributed by atoms with Gasteiger partial charge < -0.3 is 4.74 Å². The number of thiazole rings is 1. The first-order valence-electron chi connectivity index (χ1n) is 9.74. The van der Waals surface area contributed by atoms with Crippen molar-refractivity contribution in [1.29, 1.82) is 0 Å². The first-order chi connectivity index (χ1) is 14.3. The number of hydrogen-bond donors (Lipinski definition) is 1. The fourth-order valence-electron chi connectivity index (χ4n) is 3.24. The van der Waals surface area contributed by atoms with Crippen molar-refractivity contribution in [3.8, 4) is 0 Å². The van der Waals surface area contributed by atoms with Crippen LogP contribution in [0.2, 0.25) is 0 Å². The van der Waals surface area contributed by atoms with Gasteiger partial charge in [-0.15, -0.1) is 0 Å². The smallest absolute Gasteiger partial charge is 0.257 e. The minimum atomic E-state index is -3.58. The molecule has 0 unspecified atom stereocenters. The van der Waals surface area contributed by atoms with Gasteiger partial charge in [-0.3, -0.25) is 10.1 Å². The van der Waals surface area contributed by atoms with Crippen LogP contribution < -0.4 is 5.32 Å². The number of aromatic nitrogens is 1. The number of ether oxygens (including phenoxy) is 1. The van der Waals surface area contributed by atoms with Crippen molar-refractivity contribution in [1.82, 2.24) is 9.29 Å². The van der Waals surface area contributed by atoms with Gasteiger partial charge >= 0.3 is 0 Å². The number of anilines is 1. The molecule has 0 saturated carbocycles. The Morgan fingerprint density at radius 1 is 1.13 bits per heavy atom. The van der Waals surface area contributed by atoms with Crippen LogP contribution in [-0.4, -0.2) is 49.9 Å². The van der Waals surface area contributed by atoms with E-state index in [1.165, 1.54) is 45.5 Å². The summed E-state index contributed by atoms with van der Waals surface area (Å²) in [5.74, 6) is 0.0928. The second kappa shape index (κ2) is 8.43. The summed E-state index contributed by atoms with van der Waals surface area (Å²) in [4.78, 5) is 17.2. The zero-order valence-corrected chi connectivity index (χ0v) is 18.4. The van der Waals surface area contributed by atoms with Gasteiger partial charge in [-0.1, -0.05) is 31.3 Å². The third-order valence-corrected chi connectivity index (χ3v) is 7.87. The molecule has 0 spiro atoms. The first-order valence-corrected chi connectivity index (χ1v) is 12.0. The number of rotatable bonds is 5. The number of nitrogens with one attached hydrogen (secondary N) is 1. The van der Waals surface area contributed by atoms with Crippen molar-refractivity contribution in [2.45, 2.75) is 24.7 Å². The van der Waals surface area contributed by atoms with E-state index >= 15 is 0 Å². The highest BCUT2D eigenvalue weighted by molar-refractivity contribution is 7.89. The lowest BCUT2D eigenvalue weighted by molar-refractivity contribution is 0.0730. The van der Waals surface area contributed by atoms with Gasteiger partial charge in [0.15, 0.2) is 5.13 Å². The third kappa shape index (κ3) is 4.24. The maximum atomic E-state index is 12.7. The maximum absolute atomic E-state index is 12.7. The van der Waals surface area contributed by atoms with E-state index in [-0.39, 0.29) is 10.8 Å². The normalized spacial score (nSPS) is 15.6. The fraction of sp³-hybridized carbons (Fsp3) is 0.333. The summed E-state index contributed by atoms with van der Waals surface area (Å²) in [5.41, 5.74) is 2.44. The van der Waals surface area contributed by atoms with Crippen molar-refractivity contribution in [3.63, 3.8) is 0 Å². The first kappa shape index (κ1) is 20.9. The lowest BCUT2D eigenvalue weighted by atomic mass is 10.0. The molecule has 0 radical (unpaired) electrons. The quantitative estimate of drug-likeness (QED) is 0.647. The van der Waals surface area contributed by atoms with E-state index < -0.39 is 10.0 Å². The molecule has 1 fully saturated rings. The average Bonchev–Trinajstić information content (AvgIpc) is 3.15. The molecule has 30 heavy (non-hydrogen) atoms. The zero-order valence-electron chi connectivity index (χ0n) is 16.8. The van der Waals surface area contributed by atoms with Crippen LogP contribution in [0, 0.1) is 0 Å². The van der Waals surface area contributed by atoms with Crippen molar-refractivity contribution in [2.75, 3.05) is 31.6 Å². The van der Waals surface area contributed by atoms with Crippen LogP contribution in [0.4, 0.5) is 5.13 Å². The summed E-state index contributed by atoms with van der Waals surface area (Å²) >= 11 is 1.42. The van der Waals surface area contributed by atoms with Crippen LogP contribution in [0.3, 0.4) is 0 Å². The summed E-state index contributed by atoms with van der Waals surface area (Å²) in [6, 6.07) is 12.1. The van der Waals surface area contributed by atoms with Gasteiger partial charge in [-0.25, -0.2) is 13.4 Å². The predicted octanol–water partition coefficient (Wildman–Crippen LogP) is 3.69. The Morgan fingerprint density at radius 2 is 1.83 bits per heavy atom. The van der Waals surface area contributed by atoms with Crippen molar-refractivity contribution in [2.24, 2.45) is 0 Å². The molecule has 3 aromatic rings. The molecule has 2 aromatic carbocycles. The Labute approximate surface area is 179 Å². The molecule has 0 atom stereocenters. The molecule has 4 rings (SSSR count). The molecule has 0 bridgehead atoms. The van der Waals surface area contributed by atoms with Gasteiger partial charge in [0, 0.05) is 18.7 Å². The van der Waals surface area contributed by atoms with E-state index in [0.29, 0.717) is 42.9 Å². The van der Waals surface area contributed by atoms with Gasteiger partial charge in [0.1, 0.15) is 0 Å². The molecular formula is C21H23N3O4S2. The highest BCUT2D eigenvalue weighted by Gasteiger charge is 2.26. The maximum Gasteiger partial charge on any atom is 0.257 e. The van der Waals surface area contributed by atoms with Crippen LogP contribution in [0.15, 0.2) is 47.4 Å². The molecule has 0 aliphatic carbocycles. The average molecular weight is 446 g/mol. The van der Waals surface area contributed by atoms with E-state index in [1.807, 2.05) is 12.1 Å². The van der Waals surface area contributed by atoms with Crippen LogP contribution in [0.1, 0.15) is 35.7 Å². The summed E-state index contributed by atoms with van der Waals surface area (Å²) in [6.07, 6.45) is 0. The van der Waals surface area contributed by atoms with Crippen molar-refractivity contribution in [3.05, 3.63) is 53.6 Å². The van der Waals surface area contributed by atoms with E-state index in [2.05, 4.69) is 30.2 Å².